The Morgan fingerprint density at radius 2 is 1.88 bits per heavy atom. The molecule has 0 saturated carbocycles. The van der Waals surface area contributed by atoms with Gasteiger partial charge in [-0.25, -0.2) is 0 Å². The van der Waals surface area contributed by atoms with Crippen molar-refractivity contribution in [1.29, 1.82) is 0 Å². The number of ether oxygens (including phenoxy) is 1. The predicted octanol–water partition coefficient (Wildman–Crippen LogP) is 2.90. The van der Waals surface area contributed by atoms with Gasteiger partial charge in [-0.2, -0.15) is 0 Å². The topological polar surface area (TPSA) is 38.5 Å². The molecule has 0 atom stereocenters. The summed E-state index contributed by atoms with van der Waals surface area (Å²) in [5.74, 6) is 0.823. The third-order valence-corrected chi connectivity index (χ3v) is 3.69. The van der Waals surface area contributed by atoms with Crippen LogP contribution in [-0.2, 0) is 0 Å². The minimum absolute atomic E-state index is 0.470. The van der Waals surface area contributed by atoms with Crippen LogP contribution in [0.15, 0.2) is 18.2 Å². The zero-order valence-corrected chi connectivity index (χ0v) is 11.0. The molecule has 1 aromatic rings. The third-order valence-electron chi connectivity index (χ3n) is 3.69. The lowest BCUT2D eigenvalue weighted by Gasteiger charge is -2.38. The van der Waals surface area contributed by atoms with Crippen LogP contribution >= 0.6 is 0 Å². The molecule has 0 bridgehead atoms. The highest BCUT2D eigenvalue weighted by molar-refractivity contribution is 5.69. The molecule has 1 aliphatic rings. The molecular weight excluding hydrogens is 212 g/mol. The normalized spacial score (nSPS) is 19.1. The maximum Gasteiger partial charge on any atom is 0.121 e. The minimum atomic E-state index is 0.470. The monoisotopic (exact) mass is 234 g/mol. The molecule has 1 aliphatic heterocycles. The van der Waals surface area contributed by atoms with Crippen LogP contribution in [0.25, 0.3) is 0 Å². The summed E-state index contributed by atoms with van der Waals surface area (Å²) in [5.41, 5.74) is 8.49. The van der Waals surface area contributed by atoms with Crippen LogP contribution < -0.4 is 15.4 Å². The predicted molar refractivity (Wildman–Crippen MR) is 72.6 cm³/mol. The van der Waals surface area contributed by atoms with E-state index in [1.807, 2.05) is 12.1 Å². The van der Waals surface area contributed by atoms with Gasteiger partial charge in [0, 0.05) is 19.2 Å². The molecule has 0 aliphatic carbocycles. The maximum atomic E-state index is 6.07. The Labute approximate surface area is 104 Å². The average Bonchev–Trinajstić information content (AvgIpc) is 2.29. The fraction of sp³-hybridized carbons (Fsp3) is 0.571. The number of nitrogens with zero attached hydrogens (tertiary/aromatic N) is 1. The largest absolute Gasteiger partial charge is 0.497 e. The van der Waals surface area contributed by atoms with Crippen LogP contribution in [-0.4, -0.2) is 20.2 Å². The molecule has 17 heavy (non-hydrogen) atoms. The summed E-state index contributed by atoms with van der Waals surface area (Å²) in [6.07, 6.45) is 2.44. The molecular formula is C14H22N2O. The lowest BCUT2D eigenvalue weighted by Crippen LogP contribution is -2.37. The van der Waals surface area contributed by atoms with Crippen molar-refractivity contribution >= 4 is 11.4 Å². The number of methoxy groups -OCH3 is 1. The van der Waals surface area contributed by atoms with Gasteiger partial charge in [-0.15, -0.1) is 0 Å². The number of anilines is 2. The van der Waals surface area contributed by atoms with Crippen molar-refractivity contribution in [1.82, 2.24) is 0 Å². The highest BCUT2D eigenvalue weighted by Gasteiger charge is 2.26. The SMILES string of the molecule is COc1ccc(N2CCC(C)(C)CC2)c(N)c1. The van der Waals surface area contributed by atoms with Crippen LogP contribution in [0.4, 0.5) is 11.4 Å². The number of rotatable bonds is 2. The molecule has 0 unspecified atom stereocenters. The molecule has 0 amide bonds. The van der Waals surface area contributed by atoms with E-state index in [2.05, 4.69) is 24.8 Å². The Bertz CT molecular complexity index is 391. The Balaban J connectivity index is 2.13. The second-order valence-corrected chi connectivity index (χ2v) is 5.58. The summed E-state index contributed by atoms with van der Waals surface area (Å²) >= 11 is 0. The van der Waals surface area contributed by atoms with Crippen LogP contribution in [0.3, 0.4) is 0 Å². The van der Waals surface area contributed by atoms with Gasteiger partial charge < -0.3 is 15.4 Å². The smallest absolute Gasteiger partial charge is 0.121 e. The first-order valence-electron chi connectivity index (χ1n) is 6.20. The van der Waals surface area contributed by atoms with Crippen LogP contribution in [0.2, 0.25) is 0 Å². The lowest BCUT2D eigenvalue weighted by molar-refractivity contribution is 0.280. The van der Waals surface area contributed by atoms with Crippen LogP contribution in [0.1, 0.15) is 26.7 Å². The van der Waals surface area contributed by atoms with Crippen molar-refractivity contribution in [3.63, 3.8) is 0 Å². The third kappa shape index (κ3) is 2.65. The van der Waals surface area contributed by atoms with Gasteiger partial charge in [-0.05, 0) is 30.4 Å². The molecule has 3 heteroatoms. The molecule has 1 heterocycles. The van der Waals surface area contributed by atoms with Gasteiger partial charge >= 0.3 is 0 Å². The molecule has 0 aromatic heterocycles. The van der Waals surface area contributed by atoms with E-state index >= 15 is 0 Å². The van der Waals surface area contributed by atoms with Gasteiger partial charge in [-0.3, -0.25) is 0 Å². The number of nitrogens with two attached hydrogens (primary N) is 1. The highest BCUT2D eigenvalue weighted by atomic mass is 16.5. The van der Waals surface area contributed by atoms with E-state index in [0.717, 1.165) is 30.2 Å². The van der Waals surface area contributed by atoms with Crippen LogP contribution in [0, 0.1) is 5.41 Å². The van der Waals surface area contributed by atoms with Gasteiger partial charge in [0.2, 0.25) is 0 Å². The van der Waals surface area contributed by atoms with Crippen molar-refractivity contribution in [3.05, 3.63) is 18.2 Å². The molecule has 0 spiro atoms. The molecule has 3 nitrogen and oxygen atoms in total. The van der Waals surface area contributed by atoms with E-state index in [-0.39, 0.29) is 0 Å². The van der Waals surface area contributed by atoms with Crippen molar-refractivity contribution in [3.8, 4) is 5.75 Å². The van der Waals surface area contributed by atoms with E-state index in [4.69, 9.17) is 10.5 Å². The first-order chi connectivity index (χ1) is 8.02. The highest BCUT2D eigenvalue weighted by Crippen LogP contribution is 2.35. The average molecular weight is 234 g/mol. The van der Waals surface area contributed by atoms with Crippen molar-refractivity contribution in [2.75, 3.05) is 30.8 Å². The zero-order chi connectivity index (χ0) is 12.5. The molecule has 1 aromatic carbocycles. The fourth-order valence-electron chi connectivity index (χ4n) is 2.30. The van der Waals surface area contributed by atoms with Gasteiger partial charge in [0.25, 0.3) is 0 Å². The number of piperidine rings is 1. The number of hydrogen-bond acceptors (Lipinski definition) is 3. The molecule has 2 N–H and O–H groups in total. The van der Waals surface area contributed by atoms with Crippen LogP contribution in [0.5, 0.6) is 5.75 Å². The quantitative estimate of drug-likeness (QED) is 0.800. The molecule has 1 fully saturated rings. The van der Waals surface area contributed by atoms with Gasteiger partial charge in [-0.1, -0.05) is 13.8 Å². The summed E-state index contributed by atoms with van der Waals surface area (Å²) in [5, 5.41) is 0. The van der Waals surface area contributed by atoms with E-state index in [0.29, 0.717) is 5.41 Å². The molecule has 1 saturated heterocycles. The molecule has 94 valence electrons. The second kappa shape index (κ2) is 4.47. The Morgan fingerprint density at radius 3 is 2.41 bits per heavy atom. The van der Waals surface area contributed by atoms with Gasteiger partial charge in [0.05, 0.1) is 18.5 Å². The van der Waals surface area contributed by atoms with E-state index < -0.39 is 0 Å². The summed E-state index contributed by atoms with van der Waals surface area (Å²) in [4.78, 5) is 2.38. The number of hydrogen-bond donors (Lipinski definition) is 1. The summed E-state index contributed by atoms with van der Waals surface area (Å²) in [7, 11) is 1.66. The minimum Gasteiger partial charge on any atom is -0.497 e. The Hall–Kier alpha value is -1.38. The second-order valence-electron chi connectivity index (χ2n) is 5.58. The van der Waals surface area contributed by atoms with E-state index in [9.17, 15) is 0 Å². The first-order valence-corrected chi connectivity index (χ1v) is 6.20. The Kier molecular flexibility index (Phi) is 3.18. The van der Waals surface area contributed by atoms with Gasteiger partial charge in [0.1, 0.15) is 5.75 Å². The van der Waals surface area contributed by atoms with E-state index in [1.54, 1.807) is 7.11 Å². The number of benzene rings is 1. The lowest BCUT2D eigenvalue weighted by atomic mass is 9.82. The maximum absolute atomic E-state index is 6.07. The van der Waals surface area contributed by atoms with E-state index in [1.165, 1.54) is 12.8 Å². The summed E-state index contributed by atoms with van der Waals surface area (Å²) < 4.78 is 5.17. The fourth-order valence-corrected chi connectivity index (χ4v) is 2.30. The van der Waals surface area contributed by atoms with Crippen molar-refractivity contribution < 1.29 is 4.74 Å². The Morgan fingerprint density at radius 1 is 1.24 bits per heavy atom. The number of nitrogen functional groups attached to an aromatic ring is 1. The molecule has 2 rings (SSSR count). The first kappa shape index (κ1) is 12.1. The van der Waals surface area contributed by atoms with Gasteiger partial charge in [0.15, 0.2) is 0 Å². The zero-order valence-electron chi connectivity index (χ0n) is 11.0. The standard InChI is InChI=1S/C14H22N2O/c1-14(2)6-8-16(9-7-14)13-5-4-11(17-3)10-12(13)15/h4-5,10H,6-9,15H2,1-3H3. The molecule has 0 radical (unpaired) electrons. The van der Waals surface area contributed by atoms with Crippen molar-refractivity contribution in [2.24, 2.45) is 5.41 Å². The van der Waals surface area contributed by atoms with Crippen molar-refractivity contribution in [2.45, 2.75) is 26.7 Å². The summed E-state index contributed by atoms with van der Waals surface area (Å²) in [6, 6.07) is 5.94. The summed E-state index contributed by atoms with van der Waals surface area (Å²) in [6.45, 7) is 6.84.